The molecule has 0 aliphatic carbocycles. The molecule has 2 amide bonds. The summed E-state index contributed by atoms with van der Waals surface area (Å²) >= 11 is 0. The molecule has 2 heterocycles. The summed E-state index contributed by atoms with van der Waals surface area (Å²) in [5.41, 5.74) is 4.38. The van der Waals surface area contributed by atoms with Crippen LogP contribution in [0.15, 0.2) is 0 Å². The summed E-state index contributed by atoms with van der Waals surface area (Å²) in [7, 11) is 2.34. The Kier molecular flexibility index (Phi) is 3.64. The number of hydrogen-bond donors (Lipinski definition) is 2. The quantitative estimate of drug-likeness (QED) is 0.640. The van der Waals surface area contributed by atoms with Gasteiger partial charge < -0.3 is 9.47 Å². The van der Waals surface area contributed by atoms with Crippen molar-refractivity contribution in [2.24, 2.45) is 0 Å². The van der Waals surface area contributed by atoms with Crippen LogP contribution in [0.5, 0.6) is 0 Å². The predicted octanol–water partition coefficient (Wildman–Crippen LogP) is -2.05. The van der Waals surface area contributed by atoms with Crippen molar-refractivity contribution in [1.82, 2.24) is 40.6 Å². The van der Waals surface area contributed by atoms with Crippen molar-refractivity contribution >= 4 is 12.2 Å². The molecule has 2 aromatic heterocycles. The van der Waals surface area contributed by atoms with Crippen molar-refractivity contribution in [3.63, 3.8) is 0 Å². The van der Waals surface area contributed by atoms with E-state index in [2.05, 4.69) is 51.4 Å². The van der Waals surface area contributed by atoms with Crippen molar-refractivity contribution in [1.29, 1.82) is 0 Å². The van der Waals surface area contributed by atoms with Crippen molar-refractivity contribution in [3.8, 4) is 11.6 Å². The first-order valence-electron chi connectivity index (χ1n) is 4.92. The van der Waals surface area contributed by atoms with E-state index in [1.54, 1.807) is 0 Å². The summed E-state index contributed by atoms with van der Waals surface area (Å²) in [6.07, 6.45) is -1.61. The fraction of sp³-hybridized carbons (Fsp3) is 0.333. The second-order valence-electron chi connectivity index (χ2n) is 3.04. The zero-order valence-electron chi connectivity index (χ0n) is 10.2. The van der Waals surface area contributed by atoms with Crippen LogP contribution in [-0.4, -0.2) is 67.0 Å². The average Bonchev–Trinajstić information content (AvgIpc) is 3.07. The lowest BCUT2D eigenvalue weighted by molar-refractivity contribution is 0.181. The molecule has 0 aliphatic heterocycles. The van der Waals surface area contributed by atoms with E-state index < -0.39 is 12.2 Å². The third kappa shape index (κ3) is 2.57. The summed E-state index contributed by atoms with van der Waals surface area (Å²) < 4.78 is 8.79. The van der Waals surface area contributed by atoms with Gasteiger partial charge in [0.1, 0.15) is 0 Å². The lowest BCUT2D eigenvalue weighted by Gasteiger charge is -2.06. The third-order valence-corrected chi connectivity index (χ3v) is 1.90. The molecule has 14 nitrogen and oxygen atoms in total. The standard InChI is InChI=1S/C6H8N10O4/c1-19-5(17)9-15-3(7-11-13-15)4-8-12-14-16(4)10-6(18)20-2/h1-2H3,(H,9,17)(H,10,18). The van der Waals surface area contributed by atoms with Gasteiger partial charge in [0.05, 0.1) is 14.2 Å². The van der Waals surface area contributed by atoms with Gasteiger partial charge in [-0.05, 0) is 20.9 Å². The number of carbonyl (C=O) groups is 2. The zero-order chi connectivity index (χ0) is 14.5. The number of rotatable bonds is 3. The van der Waals surface area contributed by atoms with Gasteiger partial charge in [-0.15, -0.1) is 19.8 Å². The van der Waals surface area contributed by atoms with Crippen LogP contribution in [0.4, 0.5) is 9.59 Å². The molecule has 106 valence electrons. The Morgan fingerprint density at radius 3 is 1.65 bits per heavy atom. The van der Waals surface area contributed by atoms with Crippen molar-refractivity contribution in [3.05, 3.63) is 0 Å². The molecule has 0 aliphatic rings. The first-order chi connectivity index (χ1) is 9.65. The first-order valence-corrected chi connectivity index (χ1v) is 4.92. The molecule has 14 heteroatoms. The Bertz CT molecular complexity index is 565. The molecule has 0 spiro atoms. The zero-order valence-corrected chi connectivity index (χ0v) is 10.2. The Morgan fingerprint density at radius 2 is 1.30 bits per heavy atom. The van der Waals surface area contributed by atoms with Crippen LogP contribution >= 0.6 is 0 Å². The highest BCUT2D eigenvalue weighted by Gasteiger charge is 2.20. The van der Waals surface area contributed by atoms with Crippen LogP contribution in [0.3, 0.4) is 0 Å². The monoisotopic (exact) mass is 284 g/mol. The molecule has 0 aromatic carbocycles. The van der Waals surface area contributed by atoms with E-state index in [0.717, 1.165) is 9.58 Å². The van der Waals surface area contributed by atoms with Gasteiger partial charge in [0.2, 0.25) is 11.6 Å². The van der Waals surface area contributed by atoms with E-state index in [1.807, 2.05) is 0 Å². The Hall–Kier alpha value is -3.32. The molecular formula is C6H8N10O4. The average molecular weight is 284 g/mol. The largest absolute Gasteiger partial charge is 0.452 e. The maximum absolute atomic E-state index is 11.1. The number of ether oxygens (including phenoxy) is 2. The molecule has 0 fully saturated rings. The molecular weight excluding hydrogens is 276 g/mol. The number of carbonyl (C=O) groups excluding carboxylic acids is 2. The molecule has 2 N–H and O–H groups in total. The molecule has 2 rings (SSSR count). The minimum atomic E-state index is -0.807. The van der Waals surface area contributed by atoms with Crippen LogP contribution in [0.2, 0.25) is 0 Å². The smallest absolute Gasteiger partial charge is 0.427 e. The van der Waals surface area contributed by atoms with Gasteiger partial charge in [-0.1, -0.05) is 0 Å². The molecule has 0 radical (unpaired) electrons. The summed E-state index contributed by atoms with van der Waals surface area (Å²) in [5, 5.41) is 20.9. The Labute approximate surface area is 110 Å². The van der Waals surface area contributed by atoms with Gasteiger partial charge in [0.25, 0.3) is 0 Å². The van der Waals surface area contributed by atoms with E-state index in [-0.39, 0.29) is 11.6 Å². The molecule has 20 heavy (non-hydrogen) atoms. The van der Waals surface area contributed by atoms with E-state index in [9.17, 15) is 9.59 Å². The van der Waals surface area contributed by atoms with E-state index >= 15 is 0 Å². The molecule has 0 saturated heterocycles. The molecule has 0 bridgehead atoms. The predicted molar refractivity (Wildman–Crippen MR) is 58.2 cm³/mol. The number of nitrogens with zero attached hydrogens (tertiary/aromatic N) is 8. The number of hydrogen-bond acceptors (Lipinski definition) is 10. The maximum atomic E-state index is 11.1. The summed E-state index contributed by atoms with van der Waals surface area (Å²) in [5.74, 6) is -0.0893. The highest BCUT2D eigenvalue weighted by molar-refractivity contribution is 5.77. The summed E-state index contributed by atoms with van der Waals surface area (Å²) in [6, 6.07) is 0. The SMILES string of the molecule is COC(=O)Nn1nnnc1-c1nnnn1NC(=O)OC. The summed E-state index contributed by atoms with van der Waals surface area (Å²) in [6.45, 7) is 0. The Balaban J connectivity index is 2.28. The van der Waals surface area contributed by atoms with Gasteiger partial charge in [-0.2, -0.15) is 0 Å². The van der Waals surface area contributed by atoms with Gasteiger partial charge >= 0.3 is 12.2 Å². The second-order valence-corrected chi connectivity index (χ2v) is 3.04. The fourth-order valence-electron chi connectivity index (χ4n) is 1.07. The van der Waals surface area contributed by atoms with E-state index in [4.69, 9.17) is 0 Å². The summed E-state index contributed by atoms with van der Waals surface area (Å²) in [4.78, 5) is 24.0. The normalized spacial score (nSPS) is 9.90. The lowest BCUT2D eigenvalue weighted by Crippen LogP contribution is -2.28. The Morgan fingerprint density at radius 1 is 0.900 bits per heavy atom. The van der Waals surface area contributed by atoms with Gasteiger partial charge in [-0.3, -0.25) is 0 Å². The molecule has 0 atom stereocenters. The fourth-order valence-corrected chi connectivity index (χ4v) is 1.07. The molecule has 0 saturated carbocycles. The minimum Gasteiger partial charge on any atom is -0.452 e. The molecule has 2 aromatic rings. The van der Waals surface area contributed by atoms with Crippen molar-refractivity contribution < 1.29 is 19.1 Å². The van der Waals surface area contributed by atoms with Crippen LogP contribution < -0.4 is 10.9 Å². The number of methoxy groups -OCH3 is 2. The van der Waals surface area contributed by atoms with Crippen LogP contribution in [0.25, 0.3) is 11.6 Å². The number of nitrogens with one attached hydrogen (secondary N) is 2. The van der Waals surface area contributed by atoms with Crippen LogP contribution in [0, 0.1) is 0 Å². The first kappa shape index (κ1) is 13.1. The van der Waals surface area contributed by atoms with Crippen molar-refractivity contribution in [2.75, 3.05) is 25.1 Å². The lowest BCUT2D eigenvalue weighted by atomic mass is 10.6. The highest BCUT2D eigenvalue weighted by Crippen LogP contribution is 2.08. The topological polar surface area (TPSA) is 164 Å². The number of amides is 2. The number of aromatic nitrogens is 8. The minimum absolute atomic E-state index is 0.0446. The third-order valence-electron chi connectivity index (χ3n) is 1.90. The van der Waals surface area contributed by atoms with E-state index in [0.29, 0.717) is 0 Å². The highest BCUT2D eigenvalue weighted by atomic mass is 16.5. The van der Waals surface area contributed by atoms with Gasteiger partial charge in [0.15, 0.2) is 0 Å². The van der Waals surface area contributed by atoms with Crippen LogP contribution in [0.1, 0.15) is 0 Å². The van der Waals surface area contributed by atoms with Gasteiger partial charge in [0, 0.05) is 0 Å². The molecule has 0 unspecified atom stereocenters. The van der Waals surface area contributed by atoms with Gasteiger partial charge in [-0.25, -0.2) is 20.4 Å². The van der Waals surface area contributed by atoms with Crippen molar-refractivity contribution in [2.45, 2.75) is 0 Å². The second kappa shape index (κ2) is 5.55. The van der Waals surface area contributed by atoms with E-state index in [1.165, 1.54) is 14.2 Å². The maximum Gasteiger partial charge on any atom is 0.427 e. The number of tetrazole rings is 2. The van der Waals surface area contributed by atoms with Crippen LogP contribution in [-0.2, 0) is 9.47 Å².